The number of rotatable bonds is 5. The van der Waals surface area contributed by atoms with Crippen molar-refractivity contribution < 1.29 is 4.79 Å². The molecule has 3 N–H and O–H groups in total. The van der Waals surface area contributed by atoms with Crippen LogP contribution in [0.1, 0.15) is 43.1 Å². The molecule has 0 fully saturated rings. The largest absolute Gasteiger partial charge is 0.346 e. The number of carbonyl (C=O) groups excluding carboxylic acids is 1. The van der Waals surface area contributed by atoms with Gasteiger partial charge in [0.1, 0.15) is 0 Å². The highest BCUT2D eigenvalue weighted by molar-refractivity contribution is 5.96. The molecule has 1 unspecified atom stereocenters. The molecule has 0 radical (unpaired) electrons. The number of hydrogen-bond acceptors (Lipinski definition) is 2. The maximum Gasteiger partial charge on any atom is 0.252 e. The molecule has 1 aromatic carbocycles. The van der Waals surface area contributed by atoms with Crippen molar-refractivity contribution in [1.82, 2.24) is 5.32 Å². The molecule has 0 aliphatic rings. The van der Waals surface area contributed by atoms with E-state index in [0.29, 0.717) is 6.54 Å². The highest BCUT2D eigenvalue weighted by Gasteiger charge is 2.23. The van der Waals surface area contributed by atoms with Gasteiger partial charge < -0.3 is 11.1 Å². The van der Waals surface area contributed by atoms with Crippen LogP contribution in [0.25, 0.3) is 0 Å². The van der Waals surface area contributed by atoms with Gasteiger partial charge in [-0.15, -0.1) is 0 Å². The average molecular weight is 234 g/mol. The molecule has 94 valence electrons. The summed E-state index contributed by atoms with van der Waals surface area (Å²) in [4.78, 5) is 12.2. The Balaban J connectivity index is 2.90. The van der Waals surface area contributed by atoms with E-state index in [1.807, 2.05) is 45.0 Å². The summed E-state index contributed by atoms with van der Waals surface area (Å²) in [6.07, 6.45) is 1.68. The lowest BCUT2D eigenvalue weighted by Crippen LogP contribution is -2.51. The molecule has 0 heterocycles. The molecule has 0 aromatic heterocycles. The summed E-state index contributed by atoms with van der Waals surface area (Å²) in [6.45, 7) is 6.50. The predicted molar refractivity (Wildman–Crippen MR) is 71.0 cm³/mol. The van der Waals surface area contributed by atoms with E-state index in [1.54, 1.807) is 0 Å². The van der Waals surface area contributed by atoms with Crippen molar-refractivity contribution in [3.05, 3.63) is 35.4 Å². The van der Waals surface area contributed by atoms with Gasteiger partial charge in [-0.1, -0.05) is 32.0 Å². The zero-order chi connectivity index (χ0) is 12.9. The van der Waals surface area contributed by atoms with Crippen LogP contribution in [0.5, 0.6) is 0 Å². The van der Waals surface area contributed by atoms with Crippen LogP contribution in [0.3, 0.4) is 0 Å². The molecule has 3 nitrogen and oxygen atoms in total. The van der Waals surface area contributed by atoms with Crippen molar-refractivity contribution in [1.29, 1.82) is 0 Å². The number of hydrogen-bond donors (Lipinski definition) is 2. The smallest absolute Gasteiger partial charge is 0.252 e. The zero-order valence-corrected chi connectivity index (χ0v) is 10.9. The van der Waals surface area contributed by atoms with Crippen LogP contribution in [-0.4, -0.2) is 18.0 Å². The number of nitrogens with one attached hydrogen (secondary N) is 1. The number of nitrogens with two attached hydrogens (primary N) is 1. The first kappa shape index (κ1) is 13.7. The van der Waals surface area contributed by atoms with E-state index in [4.69, 9.17) is 5.73 Å². The van der Waals surface area contributed by atoms with Crippen LogP contribution >= 0.6 is 0 Å². The third-order valence-corrected chi connectivity index (χ3v) is 3.29. The van der Waals surface area contributed by atoms with Crippen molar-refractivity contribution in [3.8, 4) is 0 Å². The Hall–Kier alpha value is -1.35. The zero-order valence-electron chi connectivity index (χ0n) is 10.9. The first-order chi connectivity index (χ1) is 8.06. The van der Waals surface area contributed by atoms with Crippen molar-refractivity contribution >= 4 is 5.91 Å². The Kier molecular flexibility index (Phi) is 4.70. The Bertz CT molecular complexity index is 384. The average Bonchev–Trinajstić information content (AvgIpc) is 2.38. The van der Waals surface area contributed by atoms with E-state index < -0.39 is 0 Å². The van der Waals surface area contributed by atoms with Gasteiger partial charge in [0.2, 0.25) is 0 Å². The normalized spacial score (nSPS) is 14.1. The van der Waals surface area contributed by atoms with Crippen molar-refractivity contribution in [2.45, 2.75) is 39.2 Å². The summed E-state index contributed by atoms with van der Waals surface area (Å²) in [5, 5.41) is 3.02. The van der Waals surface area contributed by atoms with Crippen LogP contribution in [0.2, 0.25) is 0 Å². The van der Waals surface area contributed by atoms with Gasteiger partial charge in [0.05, 0.1) is 0 Å². The number of aryl methyl sites for hydroxylation is 1. The quantitative estimate of drug-likeness (QED) is 0.819. The molecule has 0 saturated carbocycles. The first-order valence-corrected chi connectivity index (χ1v) is 6.16. The highest BCUT2D eigenvalue weighted by Crippen LogP contribution is 2.13. The Morgan fingerprint density at radius 1 is 1.35 bits per heavy atom. The van der Waals surface area contributed by atoms with Gasteiger partial charge in [-0.25, -0.2) is 0 Å². The lowest BCUT2D eigenvalue weighted by Gasteiger charge is -2.28. The molecule has 1 amide bonds. The van der Waals surface area contributed by atoms with E-state index in [2.05, 4.69) is 5.32 Å². The van der Waals surface area contributed by atoms with E-state index >= 15 is 0 Å². The molecule has 1 aromatic rings. The molecule has 1 rings (SSSR count). The molecule has 0 aliphatic carbocycles. The topological polar surface area (TPSA) is 55.1 Å². The maximum atomic E-state index is 12.2. The molecular weight excluding hydrogens is 212 g/mol. The predicted octanol–water partition coefficient (Wildman–Crippen LogP) is 2.11. The second-order valence-corrected chi connectivity index (χ2v) is 4.58. The molecule has 0 spiro atoms. The van der Waals surface area contributed by atoms with Gasteiger partial charge >= 0.3 is 0 Å². The summed E-state index contributed by atoms with van der Waals surface area (Å²) < 4.78 is 0. The fraction of sp³-hybridized carbons (Fsp3) is 0.500. The maximum absolute atomic E-state index is 12.2. The minimum absolute atomic E-state index is 0.0303. The monoisotopic (exact) mass is 234 g/mol. The van der Waals surface area contributed by atoms with E-state index in [1.165, 1.54) is 0 Å². The lowest BCUT2D eigenvalue weighted by atomic mass is 9.97. The summed E-state index contributed by atoms with van der Waals surface area (Å²) >= 11 is 0. The molecule has 0 saturated heterocycles. The molecule has 1 atom stereocenters. The number of benzene rings is 1. The minimum atomic E-state index is -0.321. The number of amides is 1. The SMILES string of the molecule is CCc1ccccc1C(=O)NC(C)(CC)CN. The van der Waals surface area contributed by atoms with Crippen molar-refractivity contribution in [2.24, 2.45) is 5.73 Å². The van der Waals surface area contributed by atoms with Gasteiger partial charge in [-0.2, -0.15) is 0 Å². The second-order valence-electron chi connectivity index (χ2n) is 4.58. The molecule has 17 heavy (non-hydrogen) atoms. The van der Waals surface area contributed by atoms with Gasteiger partial charge in [0, 0.05) is 17.6 Å². The van der Waals surface area contributed by atoms with Crippen LogP contribution in [0, 0.1) is 0 Å². The molecule has 3 heteroatoms. The summed E-state index contributed by atoms with van der Waals surface area (Å²) in [6, 6.07) is 7.69. The van der Waals surface area contributed by atoms with E-state index in [0.717, 1.165) is 24.0 Å². The number of carbonyl (C=O) groups is 1. The van der Waals surface area contributed by atoms with Crippen molar-refractivity contribution in [3.63, 3.8) is 0 Å². The lowest BCUT2D eigenvalue weighted by molar-refractivity contribution is 0.0905. The van der Waals surface area contributed by atoms with Crippen LogP contribution < -0.4 is 11.1 Å². The Morgan fingerprint density at radius 3 is 2.53 bits per heavy atom. The fourth-order valence-corrected chi connectivity index (χ4v) is 1.68. The second kappa shape index (κ2) is 5.82. The molecule has 0 aliphatic heterocycles. The first-order valence-electron chi connectivity index (χ1n) is 6.16. The third-order valence-electron chi connectivity index (χ3n) is 3.29. The Labute approximate surface area is 103 Å². The molecule has 0 bridgehead atoms. The molecular formula is C14H22N2O. The van der Waals surface area contributed by atoms with Crippen molar-refractivity contribution in [2.75, 3.05) is 6.54 Å². The van der Waals surface area contributed by atoms with E-state index in [9.17, 15) is 4.79 Å². The minimum Gasteiger partial charge on any atom is -0.346 e. The highest BCUT2D eigenvalue weighted by atomic mass is 16.1. The standard InChI is InChI=1S/C14H22N2O/c1-4-11-8-6-7-9-12(11)13(17)16-14(3,5-2)10-15/h6-9H,4-5,10,15H2,1-3H3,(H,16,17). The van der Waals surface area contributed by atoms with Crippen LogP contribution in [0.15, 0.2) is 24.3 Å². The van der Waals surface area contributed by atoms with Crippen LogP contribution in [0.4, 0.5) is 0 Å². The van der Waals surface area contributed by atoms with Gasteiger partial charge in [0.25, 0.3) is 5.91 Å². The van der Waals surface area contributed by atoms with Gasteiger partial charge in [-0.05, 0) is 31.4 Å². The summed E-state index contributed by atoms with van der Waals surface area (Å²) in [7, 11) is 0. The third kappa shape index (κ3) is 3.30. The fourth-order valence-electron chi connectivity index (χ4n) is 1.68. The Morgan fingerprint density at radius 2 is 2.00 bits per heavy atom. The van der Waals surface area contributed by atoms with E-state index in [-0.39, 0.29) is 11.4 Å². The summed E-state index contributed by atoms with van der Waals surface area (Å²) in [5.74, 6) is -0.0303. The summed E-state index contributed by atoms with van der Waals surface area (Å²) in [5.41, 5.74) is 7.20. The van der Waals surface area contributed by atoms with Crippen LogP contribution in [-0.2, 0) is 6.42 Å². The van der Waals surface area contributed by atoms with Gasteiger partial charge in [-0.3, -0.25) is 4.79 Å². The van der Waals surface area contributed by atoms with Gasteiger partial charge in [0.15, 0.2) is 0 Å².